The number of aromatic nitrogens is 2. The molecule has 0 saturated heterocycles. The molecule has 7 heteroatoms. The van der Waals surface area contributed by atoms with Crippen LogP contribution < -0.4 is 5.56 Å². The molecule has 0 unspecified atom stereocenters. The zero-order valence-electron chi connectivity index (χ0n) is 11.8. The molecule has 3 aromatic heterocycles. The molecule has 3 rings (SSSR count). The third-order valence-electron chi connectivity index (χ3n) is 3.06. The second-order valence-corrected chi connectivity index (χ2v) is 6.59. The fraction of sp³-hybridized carbons (Fsp3) is 0.133. The van der Waals surface area contributed by atoms with Gasteiger partial charge >= 0.3 is 0 Å². The van der Waals surface area contributed by atoms with Gasteiger partial charge in [0.05, 0.1) is 12.1 Å². The highest BCUT2D eigenvalue weighted by Crippen LogP contribution is 2.14. The maximum atomic E-state index is 12.1. The summed E-state index contributed by atoms with van der Waals surface area (Å²) in [5.41, 5.74) is 0.503. The quantitative estimate of drug-likeness (QED) is 0.748. The first-order chi connectivity index (χ1) is 10.6. The topological polar surface area (TPSA) is 66.1 Å². The van der Waals surface area contributed by atoms with Gasteiger partial charge in [-0.2, -0.15) is 0 Å². The molecule has 0 aromatic carbocycles. The maximum absolute atomic E-state index is 12.1. The third kappa shape index (κ3) is 3.15. The van der Waals surface area contributed by atoms with E-state index in [4.69, 9.17) is 0 Å². The van der Waals surface area contributed by atoms with Crippen molar-refractivity contribution in [2.24, 2.45) is 0 Å². The first-order valence-electron chi connectivity index (χ1n) is 6.56. The van der Waals surface area contributed by atoms with Crippen LogP contribution in [0.4, 0.5) is 0 Å². The minimum atomic E-state index is -0.162. The Balaban J connectivity index is 1.73. The number of thiophene rings is 2. The van der Waals surface area contributed by atoms with E-state index < -0.39 is 0 Å². The van der Waals surface area contributed by atoms with Crippen LogP contribution in [0.25, 0.3) is 16.3 Å². The van der Waals surface area contributed by atoms with Crippen LogP contribution in [0.15, 0.2) is 39.8 Å². The molecule has 0 aliphatic rings. The van der Waals surface area contributed by atoms with Crippen molar-refractivity contribution in [2.45, 2.75) is 6.54 Å². The van der Waals surface area contributed by atoms with Crippen molar-refractivity contribution in [3.63, 3.8) is 0 Å². The SMILES string of the molecule is CN(Cc1nc2ccsc2c(=O)[nH]1)C(=O)/C=C/c1cccs1. The number of aromatic amines is 1. The van der Waals surface area contributed by atoms with Crippen LogP contribution in [0, 0.1) is 0 Å². The van der Waals surface area contributed by atoms with E-state index in [1.807, 2.05) is 22.9 Å². The Morgan fingerprint density at radius 3 is 3.00 bits per heavy atom. The Morgan fingerprint density at radius 2 is 2.23 bits per heavy atom. The van der Waals surface area contributed by atoms with Crippen LogP contribution in [0.1, 0.15) is 10.7 Å². The van der Waals surface area contributed by atoms with E-state index in [0.717, 1.165) is 4.88 Å². The van der Waals surface area contributed by atoms with Gasteiger partial charge in [0.25, 0.3) is 5.56 Å². The second kappa shape index (κ2) is 6.25. The van der Waals surface area contributed by atoms with Crippen LogP contribution in [-0.4, -0.2) is 27.8 Å². The number of hydrogen-bond donors (Lipinski definition) is 1. The minimum Gasteiger partial charge on any atom is -0.335 e. The van der Waals surface area contributed by atoms with E-state index in [1.165, 1.54) is 22.3 Å². The molecule has 0 spiro atoms. The molecular weight excluding hydrogens is 318 g/mol. The summed E-state index contributed by atoms with van der Waals surface area (Å²) in [5, 5.41) is 3.79. The summed E-state index contributed by atoms with van der Waals surface area (Å²) in [5.74, 6) is 0.345. The Bertz CT molecular complexity index is 878. The van der Waals surface area contributed by atoms with Crippen molar-refractivity contribution in [3.05, 3.63) is 56.1 Å². The van der Waals surface area contributed by atoms with Gasteiger partial charge in [0, 0.05) is 18.0 Å². The third-order valence-corrected chi connectivity index (χ3v) is 4.80. The smallest absolute Gasteiger partial charge is 0.268 e. The standard InChI is InChI=1S/C15H13N3O2S2/c1-18(13(19)5-4-10-3-2-7-21-10)9-12-16-11-6-8-22-14(11)15(20)17-12/h2-8H,9H2,1H3,(H,16,17,20)/b5-4+. The van der Waals surface area contributed by atoms with Crippen LogP contribution in [-0.2, 0) is 11.3 Å². The molecule has 0 fully saturated rings. The number of likely N-dealkylation sites (N-methyl/N-ethyl adjacent to an activating group) is 1. The van der Waals surface area contributed by atoms with E-state index in [2.05, 4.69) is 9.97 Å². The van der Waals surface area contributed by atoms with Gasteiger partial charge in [-0.1, -0.05) is 6.07 Å². The average molecular weight is 331 g/mol. The molecular formula is C15H13N3O2S2. The van der Waals surface area contributed by atoms with Gasteiger partial charge in [0.2, 0.25) is 5.91 Å². The van der Waals surface area contributed by atoms with Crippen LogP contribution in [0.5, 0.6) is 0 Å². The molecule has 3 heterocycles. The zero-order valence-corrected chi connectivity index (χ0v) is 13.4. The fourth-order valence-corrected chi connectivity index (χ4v) is 3.31. The Hall–Kier alpha value is -2.25. The summed E-state index contributed by atoms with van der Waals surface area (Å²) in [4.78, 5) is 33.6. The molecule has 112 valence electrons. The number of nitrogens with zero attached hydrogens (tertiary/aromatic N) is 2. The molecule has 1 N–H and O–H groups in total. The summed E-state index contributed by atoms with van der Waals surface area (Å²) in [6.45, 7) is 0.259. The predicted molar refractivity (Wildman–Crippen MR) is 90.1 cm³/mol. The molecule has 1 amide bonds. The summed E-state index contributed by atoms with van der Waals surface area (Å²) in [7, 11) is 1.68. The van der Waals surface area contributed by atoms with Gasteiger partial charge in [-0.25, -0.2) is 4.98 Å². The maximum Gasteiger partial charge on any atom is 0.268 e. The van der Waals surface area contributed by atoms with E-state index in [1.54, 1.807) is 30.5 Å². The monoisotopic (exact) mass is 331 g/mol. The van der Waals surface area contributed by atoms with Crippen LogP contribution in [0.3, 0.4) is 0 Å². The number of carbonyl (C=O) groups excluding carboxylic acids is 1. The van der Waals surface area contributed by atoms with Crippen molar-refractivity contribution in [3.8, 4) is 0 Å². The van der Waals surface area contributed by atoms with Crippen molar-refractivity contribution < 1.29 is 4.79 Å². The van der Waals surface area contributed by atoms with Crippen molar-refractivity contribution >= 4 is 44.9 Å². The molecule has 0 radical (unpaired) electrons. The lowest BCUT2D eigenvalue weighted by molar-refractivity contribution is -0.125. The average Bonchev–Trinajstić information content (AvgIpc) is 3.15. The second-order valence-electron chi connectivity index (χ2n) is 4.69. The number of nitrogens with one attached hydrogen (secondary N) is 1. The first-order valence-corrected chi connectivity index (χ1v) is 8.32. The zero-order chi connectivity index (χ0) is 15.5. The van der Waals surface area contributed by atoms with Crippen molar-refractivity contribution in [1.29, 1.82) is 0 Å². The van der Waals surface area contributed by atoms with E-state index >= 15 is 0 Å². The molecule has 5 nitrogen and oxygen atoms in total. The van der Waals surface area contributed by atoms with E-state index in [0.29, 0.717) is 16.0 Å². The number of H-pyrrole nitrogens is 1. The van der Waals surface area contributed by atoms with Crippen LogP contribution >= 0.6 is 22.7 Å². The van der Waals surface area contributed by atoms with Crippen molar-refractivity contribution in [1.82, 2.24) is 14.9 Å². The summed E-state index contributed by atoms with van der Waals surface area (Å²) in [6, 6.07) is 5.68. The number of hydrogen-bond acceptors (Lipinski definition) is 5. The highest BCUT2D eigenvalue weighted by molar-refractivity contribution is 7.17. The first kappa shape index (κ1) is 14.7. The van der Waals surface area contributed by atoms with E-state index in [-0.39, 0.29) is 18.0 Å². The fourth-order valence-electron chi connectivity index (χ4n) is 1.97. The largest absolute Gasteiger partial charge is 0.335 e. The lowest BCUT2D eigenvalue weighted by Crippen LogP contribution is -2.26. The summed E-state index contributed by atoms with van der Waals surface area (Å²) < 4.78 is 0.607. The molecule has 0 saturated carbocycles. The van der Waals surface area contributed by atoms with Crippen molar-refractivity contribution in [2.75, 3.05) is 7.05 Å². The number of amides is 1. The summed E-state index contributed by atoms with van der Waals surface area (Å²) >= 11 is 2.93. The van der Waals surface area contributed by atoms with Gasteiger partial charge in [0.1, 0.15) is 10.5 Å². The van der Waals surface area contributed by atoms with Gasteiger partial charge in [-0.15, -0.1) is 22.7 Å². The Labute approximate surface area is 134 Å². The highest BCUT2D eigenvalue weighted by atomic mass is 32.1. The highest BCUT2D eigenvalue weighted by Gasteiger charge is 2.10. The van der Waals surface area contributed by atoms with Crippen LogP contribution in [0.2, 0.25) is 0 Å². The number of fused-ring (bicyclic) bond motifs is 1. The van der Waals surface area contributed by atoms with Gasteiger partial charge in [-0.05, 0) is 29.0 Å². The molecule has 0 bridgehead atoms. The normalized spacial score (nSPS) is 11.3. The molecule has 22 heavy (non-hydrogen) atoms. The minimum absolute atomic E-state index is 0.138. The van der Waals surface area contributed by atoms with Gasteiger partial charge < -0.3 is 9.88 Å². The van der Waals surface area contributed by atoms with Gasteiger partial charge in [0.15, 0.2) is 0 Å². The molecule has 3 aromatic rings. The predicted octanol–water partition coefficient (Wildman–Crippen LogP) is 2.72. The van der Waals surface area contributed by atoms with Gasteiger partial charge in [-0.3, -0.25) is 9.59 Å². The van der Waals surface area contributed by atoms with E-state index in [9.17, 15) is 9.59 Å². The Morgan fingerprint density at radius 1 is 1.36 bits per heavy atom. The lowest BCUT2D eigenvalue weighted by Gasteiger charge is -2.14. The molecule has 0 atom stereocenters. The number of carbonyl (C=O) groups is 1. The number of rotatable bonds is 4. The molecule has 0 aliphatic carbocycles. The Kier molecular flexibility index (Phi) is 4.17. The lowest BCUT2D eigenvalue weighted by atomic mass is 10.3. The molecule has 0 aliphatic heterocycles. The summed E-state index contributed by atoms with van der Waals surface area (Å²) in [6.07, 6.45) is 3.30.